The van der Waals surface area contributed by atoms with Crippen molar-refractivity contribution in [3.63, 3.8) is 0 Å². The Kier molecular flexibility index (Phi) is 5.92. The monoisotopic (exact) mass is 425 g/mol. The second-order valence-electron chi connectivity index (χ2n) is 7.69. The van der Waals surface area contributed by atoms with Crippen molar-refractivity contribution in [3.8, 4) is 11.1 Å². The number of carbonyl (C=O) groups is 1. The lowest BCUT2D eigenvalue weighted by Gasteiger charge is -2.38. The molecule has 0 bridgehead atoms. The van der Waals surface area contributed by atoms with Crippen molar-refractivity contribution < 1.29 is 18.0 Å². The molecule has 1 N–H and O–H groups in total. The molecule has 1 spiro atoms. The van der Waals surface area contributed by atoms with Gasteiger partial charge in [-0.2, -0.15) is 13.2 Å². The molecular formula is C21H23ClF3N3O. The number of hydrogen-bond acceptors (Lipinski definition) is 3. The van der Waals surface area contributed by atoms with Crippen LogP contribution < -0.4 is 5.32 Å². The van der Waals surface area contributed by atoms with E-state index in [1.165, 1.54) is 12.1 Å². The van der Waals surface area contributed by atoms with Crippen molar-refractivity contribution in [1.29, 1.82) is 0 Å². The quantitative estimate of drug-likeness (QED) is 0.764. The zero-order valence-electron chi connectivity index (χ0n) is 16.0. The van der Waals surface area contributed by atoms with Gasteiger partial charge in [-0.1, -0.05) is 12.1 Å². The fourth-order valence-corrected chi connectivity index (χ4v) is 4.32. The molecule has 0 unspecified atom stereocenters. The number of piperidine rings is 1. The van der Waals surface area contributed by atoms with Crippen LogP contribution in [0, 0.1) is 0 Å². The number of alkyl halides is 3. The minimum absolute atomic E-state index is 0. The molecule has 0 aliphatic carbocycles. The molecule has 156 valence electrons. The zero-order valence-corrected chi connectivity index (χ0v) is 16.8. The van der Waals surface area contributed by atoms with Gasteiger partial charge < -0.3 is 4.90 Å². The van der Waals surface area contributed by atoms with Crippen LogP contribution in [0.5, 0.6) is 0 Å². The first-order valence-electron chi connectivity index (χ1n) is 9.45. The SMILES string of the molecule is CN1CCC[C@@]2(CC[C@@H](c3cc(-c4ccc(C(F)(F)F)cc4)ccn3)N2)C1=O.Cl. The van der Waals surface area contributed by atoms with E-state index in [0.29, 0.717) is 5.56 Å². The predicted molar refractivity (Wildman–Crippen MR) is 107 cm³/mol. The molecule has 1 amide bonds. The number of hydrogen-bond donors (Lipinski definition) is 1. The number of likely N-dealkylation sites (N-methyl/N-ethyl adjacent to an activating group) is 1. The van der Waals surface area contributed by atoms with E-state index in [1.54, 1.807) is 17.2 Å². The summed E-state index contributed by atoms with van der Waals surface area (Å²) in [5.74, 6) is 0.139. The van der Waals surface area contributed by atoms with Gasteiger partial charge in [-0.15, -0.1) is 12.4 Å². The summed E-state index contributed by atoms with van der Waals surface area (Å²) in [4.78, 5) is 18.9. The molecule has 2 fully saturated rings. The molecule has 8 heteroatoms. The second kappa shape index (κ2) is 7.95. The number of benzene rings is 1. The van der Waals surface area contributed by atoms with Crippen molar-refractivity contribution >= 4 is 18.3 Å². The molecule has 0 saturated carbocycles. The maximum Gasteiger partial charge on any atom is 0.416 e. The van der Waals surface area contributed by atoms with E-state index in [4.69, 9.17) is 0 Å². The van der Waals surface area contributed by atoms with Gasteiger partial charge in [0.15, 0.2) is 0 Å². The molecule has 3 heterocycles. The van der Waals surface area contributed by atoms with E-state index < -0.39 is 17.3 Å². The van der Waals surface area contributed by atoms with Crippen LogP contribution in [-0.4, -0.2) is 34.9 Å². The van der Waals surface area contributed by atoms with Crippen molar-refractivity contribution in [2.45, 2.75) is 43.4 Å². The Balaban J connectivity index is 0.00000240. The van der Waals surface area contributed by atoms with Crippen LogP contribution in [0.4, 0.5) is 13.2 Å². The van der Waals surface area contributed by atoms with Crippen LogP contribution in [-0.2, 0) is 11.0 Å². The van der Waals surface area contributed by atoms with Gasteiger partial charge in [0.2, 0.25) is 5.91 Å². The minimum atomic E-state index is -4.34. The van der Waals surface area contributed by atoms with Gasteiger partial charge in [0, 0.05) is 19.8 Å². The first kappa shape index (κ1) is 21.6. The molecule has 1 aromatic heterocycles. The van der Waals surface area contributed by atoms with Crippen LogP contribution in [0.2, 0.25) is 0 Å². The zero-order chi connectivity index (χ0) is 19.9. The predicted octanol–water partition coefficient (Wildman–Crippen LogP) is 4.60. The summed E-state index contributed by atoms with van der Waals surface area (Å²) >= 11 is 0. The highest BCUT2D eigenvalue weighted by atomic mass is 35.5. The molecular weight excluding hydrogens is 403 g/mol. The Labute approximate surface area is 173 Å². The summed E-state index contributed by atoms with van der Waals surface area (Å²) in [7, 11) is 1.84. The molecule has 2 aliphatic heterocycles. The summed E-state index contributed by atoms with van der Waals surface area (Å²) < 4.78 is 38.3. The fraction of sp³-hybridized carbons (Fsp3) is 0.429. The summed E-state index contributed by atoms with van der Waals surface area (Å²) in [6, 6.07) is 8.79. The molecule has 4 rings (SSSR count). The number of nitrogens with zero attached hydrogens (tertiary/aromatic N) is 2. The Morgan fingerprint density at radius 1 is 1.14 bits per heavy atom. The summed E-state index contributed by atoms with van der Waals surface area (Å²) in [5.41, 5.74) is 1.16. The van der Waals surface area contributed by atoms with Crippen LogP contribution in [0.15, 0.2) is 42.6 Å². The third-order valence-electron chi connectivity index (χ3n) is 5.85. The van der Waals surface area contributed by atoms with Gasteiger partial charge in [0.1, 0.15) is 0 Å². The number of likely N-dealkylation sites (tertiary alicyclic amines) is 1. The summed E-state index contributed by atoms with van der Waals surface area (Å²) in [6.45, 7) is 0.786. The van der Waals surface area contributed by atoms with Gasteiger partial charge in [-0.3, -0.25) is 15.1 Å². The van der Waals surface area contributed by atoms with Crippen molar-refractivity contribution in [2.24, 2.45) is 0 Å². The average molecular weight is 426 g/mol. The van der Waals surface area contributed by atoms with Crippen LogP contribution in [0.1, 0.15) is 43.0 Å². The lowest BCUT2D eigenvalue weighted by atomic mass is 9.87. The van der Waals surface area contributed by atoms with Gasteiger partial charge in [0.05, 0.1) is 22.8 Å². The fourth-order valence-electron chi connectivity index (χ4n) is 4.32. The number of nitrogens with one attached hydrogen (secondary N) is 1. The van der Waals surface area contributed by atoms with E-state index in [-0.39, 0.29) is 24.4 Å². The van der Waals surface area contributed by atoms with E-state index >= 15 is 0 Å². The van der Waals surface area contributed by atoms with Crippen LogP contribution in [0.25, 0.3) is 11.1 Å². The van der Waals surface area contributed by atoms with E-state index in [2.05, 4.69) is 10.3 Å². The highest BCUT2D eigenvalue weighted by Crippen LogP contribution is 2.39. The number of halogens is 4. The molecule has 2 atom stereocenters. The van der Waals surface area contributed by atoms with Crippen LogP contribution in [0.3, 0.4) is 0 Å². The largest absolute Gasteiger partial charge is 0.416 e. The lowest BCUT2D eigenvalue weighted by Crippen LogP contribution is -2.57. The van der Waals surface area contributed by atoms with Crippen molar-refractivity contribution in [2.75, 3.05) is 13.6 Å². The van der Waals surface area contributed by atoms with Crippen LogP contribution >= 0.6 is 12.4 Å². The summed E-state index contributed by atoms with van der Waals surface area (Å²) in [5, 5.41) is 3.51. The molecule has 1 aromatic carbocycles. The standard InChI is InChI=1S/C21H22F3N3O.ClH/c1-27-12-2-9-20(19(27)28)10-7-17(26-20)18-13-15(8-11-25-18)14-3-5-16(6-4-14)21(22,23)24;/h3-6,8,11,13,17,26H,2,7,9-10,12H2,1H3;1H/t17-,20+;/m0./s1. The first-order chi connectivity index (χ1) is 13.3. The Morgan fingerprint density at radius 3 is 2.55 bits per heavy atom. The van der Waals surface area contributed by atoms with Gasteiger partial charge in [-0.05, 0) is 61.1 Å². The second-order valence-corrected chi connectivity index (χ2v) is 7.69. The highest BCUT2D eigenvalue weighted by molar-refractivity contribution is 5.87. The minimum Gasteiger partial charge on any atom is -0.344 e. The smallest absolute Gasteiger partial charge is 0.344 e. The molecule has 29 heavy (non-hydrogen) atoms. The Bertz CT molecular complexity index is 887. The number of aromatic nitrogens is 1. The third kappa shape index (κ3) is 4.12. The maximum absolute atomic E-state index is 12.8. The normalized spacial score (nSPS) is 24.6. The lowest BCUT2D eigenvalue weighted by molar-refractivity contribution is -0.140. The van der Waals surface area contributed by atoms with E-state index in [0.717, 1.165) is 55.6 Å². The number of amides is 1. The Hall–Kier alpha value is -2.12. The summed E-state index contributed by atoms with van der Waals surface area (Å²) in [6.07, 6.45) is 0.704. The molecule has 0 radical (unpaired) electrons. The van der Waals surface area contributed by atoms with Crippen molar-refractivity contribution in [3.05, 3.63) is 53.9 Å². The third-order valence-corrected chi connectivity index (χ3v) is 5.85. The van der Waals surface area contributed by atoms with E-state index in [1.807, 2.05) is 13.1 Å². The first-order valence-corrected chi connectivity index (χ1v) is 9.45. The van der Waals surface area contributed by atoms with Gasteiger partial charge in [-0.25, -0.2) is 0 Å². The average Bonchev–Trinajstić information content (AvgIpc) is 3.11. The Morgan fingerprint density at radius 2 is 1.86 bits per heavy atom. The van der Waals surface area contributed by atoms with Gasteiger partial charge >= 0.3 is 6.18 Å². The van der Waals surface area contributed by atoms with E-state index in [9.17, 15) is 18.0 Å². The van der Waals surface area contributed by atoms with Crippen molar-refractivity contribution in [1.82, 2.24) is 15.2 Å². The molecule has 2 saturated heterocycles. The number of carbonyl (C=O) groups excluding carboxylic acids is 1. The van der Waals surface area contributed by atoms with Gasteiger partial charge in [0.25, 0.3) is 0 Å². The number of rotatable bonds is 2. The topological polar surface area (TPSA) is 45.2 Å². The maximum atomic E-state index is 12.8. The molecule has 2 aromatic rings. The molecule has 2 aliphatic rings. The number of pyridine rings is 1. The molecule has 4 nitrogen and oxygen atoms in total. The highest BCUT2D eigenvalue weighted by Gasteiger charge is 2.48.